The van der Waals surface area contributed by atoms with Gasteiger partial charge in [-0.05, 0) is 18.2 Å². The summed E-state index contributed by atoms with van der Waals surface area (Å²) < 4.78 is 5.52. The van der Waals surface area contributed by atoms with Gasteiger partial charge in [0.15, 0.2) is 0 Å². The first-order chi connectivity index (χ1) is 9.49. The third kappa shape index (κ3) is 2.95. The van der Waals surface area contributed by atoms with Crippen LogP contribution < -0.4 is 16.0 Å². The van der Waals surface area contributed by atoms with Gasteiger partial charge in [-0.2, -0.15) is 10.2 Å². The molecule has 0 spiro atoms. The van der Waals surface area contributed by atoms with Crippen LogP contribution in [0.1, 0.15) is 31.2 Å². The number of nitrogens with two attached hydrogens (primary N) is 1. The fourth-order valence-corrected chi connectivity index (χ4v) is 1.62. The number of ether oxygens (including phenoxy) is 1. The smallest absolute Gasteiger partial charge is 0.254 e. The predicted octanol–water partition coefficient (Wildman–Crippen LogP) is 2.14. The van der Waals surface area contributed by atoms with E-state index < -0.39 is 0 Å². The number of benzene rings is 1. The SMILES string of the molecule is CC(C)c1nc(Oc2ccc(N)cc2C#N)cc(=O)[nH]1. The lowest BCUT2D eigenvalue weighted by atomic mass is 10.2. The molecule has 0 aliphatic heterocycles. The third-order valence-electron chi connectivity index (χ3n) is 2.62. The molecule has 0 bridgehead atoms. The van der Waals surface area contributed by atoms with Crippen LogP contribution in [0, 0.1) is 11.3 Å². The predicted molar refractivity (Wildman–Crippen MR) is 74.6 cm³/mol. The molecule has 6 heteroatoms. The molecular weight excluding hydrogens is 256 g/mol. The zero-order valence-corrected chi connectivity index (χ0v) is 11.2. The number of hydrogen-bond donors (Lipinski definition) is 2. The number of anilines is 1. The number of nitrogen functional groups attached to an aromatic ring is 1. The summed E-state index contributed by atoms with van der Waals surface area (Å²) in [5, 5.41) is 9.04. The van der Waals surface area contributed by atoms with E-state index in [2.05, 4.69) is 9.97 Å². The highest BCUT2D eigenvalue weighted by atomic mass is 16.5. The van der Waals surface area contributed by atoms with Gasteiger partial charge in [0.2, 0.25) is 5.88 Å². The highest BCUT2D eigenvalue weighted by Gasteiger charge is 2.09. The Morgan fingerprint density at radius 2 is 2.15 bits per heavy atom. The highest BCUT2D eigenvalue weighted by molar-refractivity contribution is 5.53. The Labute approximate surface area is 115 Å². The van der Waals surface area contributed by atoms with Gasteiger partial charge < -0.3 is 15.5 Å². The van der Waals surface area contributed by atoms with E-state index >= 15 is 0 Å². The van der Waals surface area contributed by atoms with E-state index in [0.717, 1.165) is 0 Å². The largest absolute Gasteiger partial charge is 0.437 e. The number of aromatic amines is 1. The Morgan fingerprint density at radius 3 is 2.80 bits per heavy atom. The van der Waals surface area contributed by atoms with E-state index in [9.17, 15) is 4.79 Å². The number of rotatable bonds is 3. The molecule has 0 atom stereocenters. The van der Waals surface area contributed by atoms with Crippen molar-refractivity contribution in [2.24, 2.45) is 0 Å². The van der Waals surface area contributed by atoms with E-state index in [1.54, 1.807) is 12.1 Å². The summed E-state index contributed by atoms with van der Waals surface area (Å²) in [5.74, 6) is 1.06. The summed E-state index contributed by atoms with van der Waals surface area (Å²) in [6, 6.07) is 7.93. The molecule has 0 unspecified atom stereocenters. The quantitative estimate of drug-likeness (QED) is 0.831. The Kier molecular flexibility index (Phi) is 3.71. The van der Waals surface area contributed by atoms with Crippen LogP contribution in [0.15, 0.2) is 29.1 Å². The Bertz CT molecular complexity index is 729. The van der Waals surface area contributed by atoms with Crippen LogP contribution in [0.25, 0.3) is 0 Å². The minimum Gasteiger partial charge on any atom is -0.437 e. The zero-order chi connectivity index (χ0) is 14.7. The van der Waals surface area contributed by atoms with E-state index in [-0.39, 0.29) is 22.9 Å². The molecule has 0 aliphatic carbocycles. The molecular formula is C14H14N4O2. The van der Waals surface area contributed by atoms with Crippen molar-refractivity contribution in [3.63, 3.8) is 0 Å². The van der Waals surface area contributed by atoms with Gasteiger partial charge in [-0.1, -0.05) is 13.8 Å². The number of nitriles is 1. The lowest BCUT2D eigenvalue weighted by molar-refractivity contribution is 0.454. The molecule has 0 saturated heterocycles. The molecule has 0 saturated carbocycles. The molecule has 1 aromatic carbocycles. The summed E-state index contributed by atoms with van der Waals surface area (Å²) in [7, 11) is 0. The zero-order valence-electron chi connectivity index (χ0n) is 11.2. The summed E-state index contributed by atoms with van der Waals surface area (Å²) >= 11 is 0. The van der Waals surface area contributed by atoms with Crippen LogP contribution in [0.5, 0.6) is 11.6 Å². The number of hydrogen-bond acceptors (Lipinski definition) is 5. The standard InChI is InChI=1S/C14H14N4O2/c1-8(2)14-17-12(19)6-13(18-14)20-11-4-3-10(16)5-9(11)7-15/h3-6,8H,16H2,1-2H3,(H,17,18,19). The van der Waals surface area contributed by atoms with Gasteiger partial charge in [-0.25, -0.2) is 0 Å². The van der Waals surface area contributed by atoms with Crippen molar-refractivity contribution in [3.05, 3.63) is 46.0 Å². The first-order valence-corrected chi connectivity index (χ1v) is 6.08. The molecule has 1 heterocycles. The topological polar surface area (TPSA) is 105 Å². The average Bonchev–Trinajstić information content (AvgIpc) is 2.40. The Hall–Kier alpha value is -2.81. The van der Waals surface area contributed by atoms with Crippen molar-refractivity contribution in [2.45, 2.75) is 19.8 Å². The Morgan fingerprint density at radius 1 is 1.40 bits per heavy atom. The van der Waals surface area contributed by atoms with Crippen molar-refractivity contribution >= 4 is 5.69 Å². The molecule has 6 nitrogen and oxygen atoms in total. The molecule has 1 aromatic heterocycles. The molecule has 3 N–H and O–H groups in total. The van der Waals surface area contributed by atoms with E-state index in [1.807, 2.05) is 19.9 Å². The van der Waals surface area contributed by atoms with Crippen LogP contribution in [-0.2, 0) is 0 Å². The summed E-state index contributed by atoms with van der Waals surface area (Å²) in [4.78, 5) is 18.4. The van der Waals surface area contributed by atoms with Crippen LogP contribution in [0.3, 0.4) is 0 Å². The number of nitrogens with one attached hydrogen (secondary N) is 1. The number of nitrogens with zero attached hydrogens (tertiary/aromatic N) is 2. The minimum atomic E-state index is -0.298. The number of H-pyrrole nitrogens is 1. The molecule has 102 valence electrons. The van der Waals surface area contributed by atoms with Crippen molar-refractivity contribution in [3.8, 4) is 17.7 Å². The summed E-state index contributed by atoms with van der Waals surface area (Å²) in [6.07, 6.45) is 0. The molecule has 0 radical (unpaired) electrons. The van der Waals surface area contributed by atoms with E-state index in [0.29, 0.717) is 17.3 Å². The van der Waals surface area contributed by atoms with Crippen LogP contribution in [0.2, 0.25) is 0 Å². The van der Waals surface area contributed by atoms with Gasteiger partial charge in [0.25, 0.3) is 5.56 Å². The molecule has 2 rings (SSSR count). The van der Waals surface area contributed by atoms with Crippen LogP contribution in [0.4, 0.5) is 5.69 Å². The van der Waals surface area contributed by atoms with Crippen molar-refractivity contribution in [2.75, 3.05) is 5.73 Å². The second-order valence-electron chi connectivity index (χ2n) is 4.59. The van der Waals surface area contributed by atoms with Gasteiger partial charge in [-0.15, -0.1) is 0 Å². The van der Waals surface area contributed by atoms with Gasteiger partial charge in [0, 0.05) is 11.6 Å². The van der Waals surface area contributed by atoms with Crippen molar-refractivity contribution < 1.29 is 4.74 Å². The maximum atomic E-state index is 11.6. The molecule has 2 aromatic rings. The van der Waals surface area contributed by atoms with Gasteiger partial charge in [0.1, 0.15) is 17.6 Å². The highest BCUT2D eigenvalue weighted by Crippen LogP contribution is 2.25. The first-order valence-electron chi connectivity index (χ1n) is 6.08. The van der Waals surface area contributed by atoms with E-state index in [4.69, 9.17) is 15.7 Å². The second-order valence-corrected chi connectivity index (χ2v) is 4.59. The molecule has 0 aliphatic rings. The van der Waals surface area contributed by atoms with Gasteiger partial charge >= 0.3 is 0 Å². The fourth-order valence-electron chi connectivity index (χ4n) is 1.62. The van der Waals surface area contributed by atoms with Crippen LogP contribution >= 0.6 is 0 Å². The maximum Gasteiger partial charge on any atom is 0.254 e. The summed E-state index contributed by atoms with van der Waals surface area (Å²) in [6.45, 7) is 3.82. The van der Waals surface area contributed by atoms with Crippen molar-refractivity contribution in [1.82, 2.24) is 9.97 Å². The van der Waals surface area contributed by atoms with Crippen molar-refractivity contribution in [1.29, 1.82) is 5.26 Å². The molecule has 0 amide bonds. The third-order valence-corrected chi connectivity index (χ3v) is 2.62. The van der Waals surface area contributed by atoms with Crippen LogP contribution in [-0.4, -0.2) is 9.97 Å². The summed E-state index contributed by atoms with van der Waals surface area (Å²) in [5.41, 5.74) is 6.07. The normalized spacial score (nSPS) is 10.3. The van der Waals surface area contributed by atoms with E-state index in [1.165, 1.54) is 12.1 Å². The first kappa shape index (κ1) is 13.6. The second kappa shape index (κ2) is 5.45. The minimum absolute atomic E-state index is 0.0631. The maximum absolute atomic E-state index is 11.6. The Balaban J connectivity index is 2.40. The average molecular weight is 270 g/mol. The molecule has 20 heavy (non-hydrogen) atoms. The van der Waals surface area contributed by atoms with Gasteiger partial charge in [-0.3, -0.25) is 4.79 Å². The lowest BCUT2D eigenvalue weighted by Crippen LogP contribution is -2.12. The monoisotopic (exact) mass is 270 g/mol. The van der Waals surface area contributed by atoms with Gasteiger partial charge in [0.05, 0.1) is 11.6 Å². The number of aromatic nitrogens is 2. The fraction of sp³-hybridized carbons (Fsp3) is 0.214. The molecule has 0 fully saturated rings. The lowest BCUT2D eigenvalue weighted by Gasteiger charge is -2.09.